The molecule has 0 spiro atoms. The van der Waals surface area contributed by atoms with Gasteiger partial charge in [-0.3, -0.25) is 9.59 Å². The van der Waals surface area contributed by atoms with Gasteiger partial charge in [-0.15, -0.1) is 0 Å². The molecule has 0 heterocycles. The third-order valence-corrected chi connectivity index (χ3v) is 4.88. The lowest BCUT2D eigenvalue weighted by molar-refractivity contribution is -0.132. The summed E-state index contributed by atoms with van der Waals surface area (Å²) in [5.41, 5.74) is -0.542. The molecule has 12 nitrogen and oxygen atoms in total. The Kier molecular flexibility index (Phi) is 14.4. The van der Waals surface area contributed by atoms with E-state index in [1.165, 1.54) is 11.8 Å². The fourth-order valence-corrected chi connectivity index (χ4v) is 3.17. The molecule has 13 heteroatoms. The Balaban J connectivity index is 4.99. The smallest absolute Gasteiger partial charge is 0.405 e. The van der Waals surface area contributed by atoms with Crippen molar-refractivity contribution in [2.45, 2.75) is 44.9 Å². The average Bonchev–Trinajstić information content (AvgIpc) is 2.65. The number of carbonyl (C=O) groups is 4. The highest BCUT2D eigenvalue weighted by atomic mass is 32.2. The molecule has 0 radical (unpaired) electrons. The van der Waals surface area contributed by atoms with Gasteiger partial charge in [-0.2, -0.15) is 11.8 Å². The van der Waals surface area contributed by atoms with Crippen LogP contribution in [0, 0.1) is 0 Å². The number of hydrogen-bond acceptors (Lipinski definition) is 7. The first-order valence-electron chi connectivity index (χ1n) is 10.2. The number of ether oxygens (including phenoxy) is 1. The fourth-order valence-electron chi connectivity index (χ4n) is 2.28. The number of thioether (sulfide) groups is 1. The summed E-state index contributed by atoms with van der Waals surface area (Å²) in [7, 11) is 3.85. The third-order valence-electron chi connectivity index (χ3n) is 3.82. The van der Waals surface area contributed by atoms with Gasteiger partial charge < -0.3 is 41.1 Å². The predicted molar refractivity (Wildman–Crippen MR) is 122 cm³/mol. The summed E-state index contributed by atoms with van der Waals surface area (Å²) in [5.74, 6) is -0.678. The van der Waals surface area contributed by atoms with Crippen LogP contribution in [-0.4, -0.2) is 109 Å². The van der Waals surface area contributed by atoms with Crippen molar-refractivity contribution in [3.63, 3.8) is 0 Å². The summed E-state index contributed by atoms with van der Waals surface area (Å²) < 4.78 is 5.66. The van der Waals surface area contributed by atoms with Crippen molar-refractivity contribution >= 4 is 35.8 Å². The molecule has 0 aromatic rings. The van der Waals surface area contributed by atoms with Crippen LogP contribution in [0.1, 0.15) is 27.2 Å². The minimum Gasteiger partial charge on any atom is -0.465 e. The molecule has 6 N–H and O–H groups in total. The standard InChI is InChI=1S/C19H37N5O7S/c1-19(2,3)31-11-13(15(25)20-7-6-9-24(4)5)22-16(26)14(23-18(29)30)12-32-10-8-21-17(27)28/h13-14,21,23H,6-12H2,1-5H3,(H,20,25)(H,22,26)(H,27,28)(H,29,30)/t13-,14-/m0/s1. The SMILES string of the molecule is CN(C)CCCNC(=O)[C@H](COC(C)(C)C)NC(=O)[C@H](CSCCNC(=O)O)NC(=O)O. The second-order valence-corrected chi connectivity index (χ2v) is 9.39. The van der Waals surface area contributed by atoms with Crippen molar-refractivity contribution in [1.29, 1.82) is 0 Å². The average molecular weight is 480 g/mol. The minimum absolute atomic E-state index is 0.0662. The van der Waals surface area contributed by atoms with Crippen LogP contribution in [0.5, 0.6) is 0 Å². The normalized spacial score (nSPS) is 13.2. The van der Waals surface area contributed by atoms with Gasteiger partial charge in [0.25, 0.3) is 0 Å². The Morgan fingerprint density at radius 1 is 0.938 bits per heavy atom. The molecule has 0 rings (SSSR count). The monoisotopic (exact) mass is 479 g/mol. The van der Waals surface area contributed by atoms with E-state index >= 15 is 0 Å². The molecule has 0 aromatic heterocycles. The minimum atomic E-state index is -1.38. The van der Waals surface area contributed by atoms with E-state index in [2.05, 4.69) is 21.3 Å². The Morgan fingerprint density at radius 2 is 1.59 bits per heavy atom. The van der Waals surface area contributed by atoms with E-state index < -0.39 is 41.7 Å². The van der Waals surface area contributed by atoms with E-state index in [4.69, 9.17) is 14.9 Å². The molecule has 0 aliphatic carbocycles. The lowest BCUT2D eigenvalue weighted by atomic mass is 10.2. The Hall–Kier alpha value is -2.25. The first-order chi connectivity index (χ1) is 14.8. The number of amides is 4. The van der Waals surface area contributed by atoms with Gasteiger partial charge in [0.1, 0.15) is 12.1 Å². The Labute approximate surface area is 193 Å². The van der Waals surface area contributed by atoms with Crippen LogP contribution < -0.4 is 21.3 Å². The van der Waals surface area contributed by atoms with Crippen molar-refractivity contribution in [3.05, 3.63) is 0 Å². The maximum Gasteiger partial charge on any atom is 0.405 e. The quantitative estimate of drug-likeness (QED) is 0.177. The molecule has 0 bridgehead atoms. The largest absolute Gasteiger partial charge is 0.465 e. The molecule has 0 aliphatic heterocycles. The molecule has 0 saturated heterocycles. The second kappa shape index (κ2) is 15.5. The number of carbonyl (C=O) groups excluding carboxylic acids is 2. The number of carboxylic acid groups (broad SMARTS) is 2. The number of rotatable bonds is 15. The summed E-state index contributed by atoms with van der Waals surface area (Å²) in [6.45, 7) is 6.73. The molecular weight excluding hydrogens is 442 g/mol. The number of nitrogens with zero attached hydrogens (tertiary/aromatic N) is 1. The van der Waals surface area contributed by atoms with Gasteiger partial charge in [0.2, 0.25) is 11.8 Å². The van der Waals surface area contributed by atoms with Crippen molar-refractivity contribution < 1.29 is 34.1 Å². The zero-order valence-electron chi connectivity index (χ0n) is 19.4. The topological polar surface area (TPSA) is 169 Å². The van der Waals surface area contributed by atoms with Gasteiger partial charge in [0.05, 0.1) is 12.2 Å². The van der Waals surface area contributed by atoms with Crippen LogP contribution >= 0.6 is 11.8 Å². The summed E-state index contributed by atoms with van der Waals surface area (Å²) in [5, 5.41) is 27.3. The van der Waals surface area contributed by atoms with Gasteiger partial charge in [0, 0.05) is 24.6 Å². The molecule has 2 atom stereocenters. The molecule has 186 valence electrons. The van der Waals surface area contributed by atoms with E-state index in [-0.39, 0.29) is 18.9 Å². The maximum absolute atomic E-state index is 12.7. The van der Waals surface area contributed by atoms with Gasteiger partial charge in [-0.25, -0.2) is 9.59 Å². The van der Waals surface area contributed by atoms with E-state index in [0.29, 0.717) is 12.3 Å². The fraction of sp³-hybridized carbons (Fsp3) is 0.789. The molecule has 0 fully saturated rings. The van der Waals surface area contributed by atoms with Crippen LogP contribution in [0.2, 0.25) is 0 Å². The maximum atomic E-state index is 12.7. The highest BCUT2D eigenvalue weighted by molar-refractivity contribution is 7.99. The summed E-state index contributed by atoms with van der Waals surface area (Å²) >= 11 is 1.20. The van der Waals surface area contributed by atoms with Crippen molar-refractivity contribution in [1.82, 2.24) is 26.2 Å². The Bertz CT molecular complexity index is 613. The van der Waals surface area contributed by atoms with E-state index in [1.54, 1.807) is 0 Å². The molecule has 0 aromatic carbocycles. The van der Waals surface area contributed by atoms with Crippen LogP contribution in [0.4, 0.5) is 9.59 Å². The molecule has 32 heavy (non-hydrogen) atoms. The van der Waals surface area contributed by atoms with Gasteiger partial charge in [-0.05, 0) is 47.8 Å². The van der Waals surface area contributed by atoms with Crippen molar-refractivity contribution in [2.24, 2.45) is 0 Å². The van der Waals surface area contributed by atoms with Crippen LogP contribution in [0.3, 0.4) is 0 Å². The van der Waals surface area contributed by atoms with Crippen LogP contribution in [0.25, 0.3) is 0 Å². The van der Waals surface area contributed by atoms with Gasteiger partial charge >= 0.3 is 12.2 Å². The molecule has 0 aliphatic rings. The first-order valence-corrected chi connectivity index (χ1v) is 11.4. The molecule has 4 amide bonds. The molecule has 0 saturated carbocycles. The number of nitrogens with one attached hydrogen (secondary N) is 4. The zero-order valence-corrected chi connectivity index (χ0v) is 20.2. The summed E-state index contributed by atoms with van der Waals surface area (Å²) in [6.07, 6.45) is -1.82. The van der Waals surface area contributed by atoms with E-state index in [0.717, 1.165) is 13.0 Å². The van der Waals surface area contributed by atoms with Crippen LogP contribution in [0.15, 0.2) is 0 Å². The first kappa shape index (κ1) is 29.8. The molecular formula is C19H37N5O7S. The highest BCUT2D eigenvalue weighted by Crippen LogP contribution is 2.08. The highest BCUT2D eigenvalue weighted by Gasteiger charge is 2.28. The predicted octanol–water partition coefficient (Wildman–Crippen LogP) is -0.00880. The molecule has 0 unspecified atom stereocenters. The summed E-state index contributed by atoms with van der Waals surface area (Å²) in [6, 6.07) is -2.13. The van der Waals surface area contributed by atoms with Gasteiger partial charge in [0.15, 0.2) is 0 Å². The lowest BCUT2D eigenvalue weighted by Crippen LogP contribution is -2.56. The zero-order chi connectivity index (χ0) is 24.7. The Morgan fingerprint density at radius 3 is 2.12 bits per heavy atom. The third kappa shape index (κ3) is 16.4. The van der Waals surface area contributed by atoms with E-state index in [1.807, 2.05) is 39.8 Å². The van der Waals surface area contributed by atoms with Crippen molar-refractivity contribution in [2.75, 3.05) is 51.8 Å². The van der Waals surface area contributed by atoms with Crippen LogP contribution in [-0.2, 0) is 14.3 Å². The van der Waals surface area contributed by atoms with Crippen molar-refractivity contribution in [3.8, 4) is 0 Å². The van der Waals surface area contributed by atoms with Gasteiger partial charge in [-0.1, -0.05) is 0 Å². The number of hydrogen-bond donors (Lipinski definition) is 6. The summed E-state index contributed by atoms with van der Waals surface area (Å²) in [4.78, 5) is 48.9. The second-order valence-electron chi connectivity index (χ2n) is 8.24. The van der Waals surface area contributed by atoms with E-state index in [9.17, 15) is 19.2 Å². The lowest BCUT2D eigenvalue weighted by Gasteiger charge is -2.26.